The Morgan fingerprint density at radius 3 is 2.64 bits per heavy atom. The summed E-state index contributed by atoms with van der Waals surface area (Å²) in [6.45, 7) is 5.07. The SMILES string of the molecule is N#Cc1ccccc1OCCN1CCC(C2OCCO2)CC1. The van der Waals surface area contributed by atoms with Crippen LogP contribution in [0.3, 0.4) is 0 Å². The molecule has 0 bridgehead atoms. The van der Waals surface area contributed by atoms with Gasteiger partial charge in [0.25, 0.3) is 0 Å². The van der Waals surface area contributed by atoms with Gasteiger partial charge in [0.2, 0.25) is 0 Å². The standard InChI is InChI=1S/C17H22N2O3/c18-13-15-3-1-2-4-16(15)20-10-9-19-7-5-14(6-8-19)17-21-11-12-22-17/h1-4,14,17H,5-12H2. The van der Waals surface area contributed by atoms with Crippen LogP contribution in [0.4, 0.5) is 0 Å². The van der Waals surface area contributed by atoms with E-state index in [1.54, 1.807) is 6.07 Å². The number of ether oxygens (including phenoxy) is 3. The molecule has 5 nitrogen and oxygen atoms in total. The van der Waals surface area contributed by atoms with Gasteiger partial charge in [0.15, 0.2) is 6.29 Å². The molecule has 2 heterocycles. The van der Waals surface area contributed by atoms with Gasteiger partial charge in [-0.1, -0.05) is 12.1 Å². The van der Waals surface area contributed by atoms with E-state index < -0.39 is 0 Å². The van der Waals surface area contributed by atoms with Crippen LogP contribution in [-0.4, -0.2) is 50.6 Å². The molecular formula is C17H22N2O3. The summed E-state index contributed by atoms with van der Waals surface area (Å²) < 4.78 is 16.9. The molecule has 0 amide bonds. The van der Waals surface area contributed by atoms with Crippen LogP contribution in [0.2, 0.25) is 0 Å². The average molecular weight is 302 g/mol. The van der Waals surface area contributed by atoms with Crippen molar-refractivity contribution >= 4 is 0 Å². The number of likely N-dealkylation sites (tertiary alicyclic amines) is 1. The number of nitriles is 1. The van der Waals surface area contributed by atoms with Crippen molar-refractivity contribution in [2.45, 2.75) is 19.1 Å². The lowest BCUT2D eigenvalue weighted by molar-refractivity contribution is -0.0976. The largest absolute Gasteiger partial charge is 0.491 e. The topological polar surface area (TPSA) is 54.7 Å². The van der Waals surface area contributed by atoms with Crippen LogP contribution in [0.15, 0.2) is 24.3 Å². The number of piperidine rings is 1. The van der Waals surface area contributed by atoms with Crippen LogP contribution in [0, 0.1) is 17.2 Å². The predicted octanol–water partition coefficient (Wildman–Crippen LogP) is 2.02. The lowest BCUT2D eigenvalue weighted by atomic mass is 9.96. The number of para-hydroxylation sites is 1. The highest BCUT2D eigenvalue weighted by Gasteiger charge is 2.30. The molecular weight excluding hydrogens is 280 g/mol. The molecule has 1 aromatic rings. The highest BCUT2D eigenvalue weighted by molar-refractivity contribution is 5.42. The lowest BCUT2D eigenvalue weighted by Gasteiger charge is -2.33. The summed E-state index contributed by atoms with van der Waals surface area (Å²) in [5.74, 6) is 1.20. The van der Waals surface area contributed by atoms with Crippen LogP contribution in [0.25, 0.3) is 0 Å². The van der Waals surface area contributed by atoms with Crippen molar-refractivity contribution in [3.8, 4) is 11.8 Å². The molecule has 0 aromatic heterocycles. The van der Waals surface area contributed by atoms with Gasteiger partial charge in [-0.2, -0.15) is 5.26 Å². The van der Waals surface area contributed by atoms with Crippen LogP contribution in [0.5, 0.6) is 5.75 Å². The van der Waals surface area contributed by atoms with E-state index in [0.717, 1.165) is 45.7 Å². The second-order valence-electron chi connectivity index (χ2n) is 5.75. The van der Waals surface area contributed by atoms with Crippen LogP contribution >= 0.6 is 0 Å². The predicted molar refractivity (Wildman–Crippen MR) is 81.5 cm³/mol. The average Bonchev–Trinajstić information content (AvgIpc) is 3.10. The maximum Gasteiger partial charge on any atom is 0.160 e. The number of hydrogen-bond acceptors (Lipinski definition) is 5. The third-order valence-corrected chi connectivity index (χ3v) is 4.34. The first kappa shape index (κ1) is 15.3. The Labute approximate surface area is 131 Å². The quantitative estimate of drug-likeness (QED) is 0.833. The third kappa shape index (κ3) is 3.77. The molecule has 2 aliphatic heterocycles. The smallest absolute Gasteiger partial charge is 0.160 e. The van der Waals surface area contributed by atoms with E-state index in [1.165, 1.54) is 0 Å². The van der Waals surface area contributed by atoms with Gasteiger partial charge in [0.05, 0.1) is 18.8 Å². The Hall–Kier alpha value is -1.61. The van der Waals surface area contributed by atoms with Crippen LogP contribution in [0.1, 0.15) is 18.4 Å². The molecule has 2 aliphatic rings. The van der Waals surface area contributed by atoms with Crippen LogP contribution in [-0.2, 0) is 9.47 Å². The zero-order chi connectivity index (χ0) is 15.2. The van der Waals surface area contributed by atoms with E-state index >= 15 is 0 Å². The molecule has 118 valence electrons. The zero-order valence-electron chi connectivity index (χ0n) is 12.7. The Kier molecular flexibility index (Phi) is 5.28. The molecule has 2 saturated heterocycles. The fourth-order valence-corrected chi connectivity index (χ4v) is 3.07. The Bertz CT molecular complexity index is 515. The van der Waals surface area contributed by atoms with E-state index in [2.05, 4.69) is 11.0 Å². The first-order chi connectivity index (χ1) is 10.9. The summed E-state index contributed by atoms with van der Waals surface area (Å²) in [7, 11) is 0. The third-order valence-electron chi connectivity index (χ3n) is 4.34. The summed E-state index contributed by atoms with van der Waals surface area (Å²) in [6.07, 6.45) is 2.24. The minimum Gasteiger partial charge on any atom is -0.491 e. The van der Waals surface area contributed by atoms with Gasteiger partial charge >= 0.3 is 0 Å². The van der Waals surface area contributed by atoms with Gasteiger partial charge in [-0.3, -0.25) is 4.90 Å². The van der Waals surface area contributed by atoms with E-state index in [0.29, 0.717) is 23.8 Å². The molecule has 5 heteroatoms. The fraction of sp³-hybridized carbons (Fsp3) is 0.588. The van der Waals surface area contributed by atoms with Crippen molar-refractivity contribution in [3.63, 3.8) is 0 Å². The fourth-order valence-electron chi connectivity index (χ4n) is 3.07. The van der Waals surface area contributed by atoms with Crippen molar-refractivity contribution < 1.29 is 14.2 Å². The molecule has 0 unspecified atom stereocenters. The zero-order valence-corrected chi connectivity index (χ0v) is 12.7. The van der Waals surface area contributed by atoms with Crippen molar-refractivity contribution in [3.05, 3.63) is 29.8 Å². The van der Waals surface area contributed by atoms with E-state index in [-0.39, 0.29) is 6.29 Å². The molecule has 2 fully saturated rings. The molecule has 0 radical (unpaired) electrons. The summed E-state index contributed by atoms with van der Waals surface area (Å²) in [4.78, 5) is 2.40. The second kappa shape index (κ2) is 7.59. The maximum atomic E-state index is 9.04. The highest BCUT2D eigenvalue weighted by atomic mass is 16.7. The minimum atomic E-state index is 0.0147. The lowest BCUT2D eigenvalue weighted by Crippen LogP contribution is -2.39. The van der Waals surface area contributed by atoms with Gasteiger partial charge in [-0.05, 0) is 38.1 Å². The van der Waals surface area contributed by atoms with Crippen molar-refractivity contribution in [1.82, 2.24) is 4.90 Å². The van der Waals surface area contributed by atoms with Crippen molar-refractivity contribution in [1.29, 1.82) is 5.26 Å². The number of nitrogens with zero attached hydrogens (tertiary/aromatic N) is 2. The van der Waals surface area contributed by atoms with Crippen molar-refractivity contribution in [2.75, 3.05) is 39.5 Å². The normalized spacial score (nSPS) is 20.9. The number of benzene rings is 1. The Balaban J connectivity index is 1.39. The molecule has 0 N–H and O–H groups in total. The first-order valence-corrected chi connectivity index (χ1v) is 7.94. The Morgan fingerprint density at radius 1 is 1.18 bits per heavy atom. The van der Waals surface area contributed by atoms with E-state index in [4.69, 9.17) is 19.5 Å². The summed E-state index contributed by atoms with van der Waals surface area (Å²) in [6, 6.07) is 9.52. The van der Waals surface area contributed by atoms with Gasteiger partial charge < -0.3 is 14.2 Å². The highest BCUT2D eigenvalue weighted by Crippen LogP contribution is 2.25. The van der Waals surface area contributed by atoms with Gasteiger partial charge in [0.1, 0.15) is 18.4 Å². The second-order valence-corrected chi connectivity index (χ2v) is 5.75. The number of rotatable bonds is 5. The van der Waals surface area contributed by atoms with Crippen LogP contribution < -0.4 is 4.74 Å². The molecule has 0 atom stereocenters. The minimum absolute atomic E-state index is 0.0147. The molecule has 1 aromatic carbocycles. The molecule has 3 rings (SSSR count). The monoisotopic (exact) mass is 302 g/mol. The molecule has 0 spiro atoms. The molecule has 0 saturated carbocycles. The van der Waals surface area contributed by atoms with E-state index in [9.17, 15) is 0 Å². The summed E-state index contributed by atoms with van der Waals surface area (Å²) in [5, 5.41) is 9.04. The van der Waals surface area contributed by atoms with Gasteiger partial charge in [0, 0.05) is 12.5 Å². The maximum absolute atomic E-state index is 9.04. The first-order valence-electron chi connectivity index (χ1n) is 7.94. The van der Waals surface area contributed by atoms with Gasteiger partial charge in [-0.25, -0.2) is 0 Å². The summed E-state index contributed by atoms with van der Waals surface area (Å²) >= 11 is 0. The molecule has 22 heavy (non-hydrogen) atoms. The molecule has 0 aliphatic carbocycles. The summed E-state index contributed by atoms with van der Waals surface area (Å²) in [5.41, 5.74) is 0.594. The number of hydrogen-bond donors (Lipinski definition) is 0. The Morgan fingerprint density at radius 2 is 1.91 bits per heavy atom. The van der Waals surface area contributed by atoms with Gasteiger partial charge in [-0.15, -0.1) is 0 Å². The van der Waals surface area contributed by atoms with Crippen molar-refractivity contribution in [2.24, 2.45) is 5.92 Å². The van der Waals surface area contributed by atoms with E-state index in [1.807, 2.05) is 18.2 Å².